The van der Waals surface area contributed by atoms with E-state index in [2.05, 4.69) is 0 Å². The standard InChI is InChI=1S/C10H4ClF3S/c11-9-2-1-8(15-9)10-6(13)3-5(12)4-7(10)14/h1-4H. The molecule has 0 bridgehead atoms. The second kappa shape index (κ2) is 3.87. The molecule has 1 heterocycles. The molecule has 78 valence electrons. The highest BCUT2D eigenvalue weighted by Crippen LogP contribution is 2.34. The lowest BCUT2D eigenvalue weighted by atomic mass is 10.1. The van der Waals surface area contributed by atoms with E-state index in [1.807, 2.05) is 0 Å². The minimum Gasteiger partial charge on any atom is -0.207 e. The van der Waals surface area contributed by atoms with Crippen LogP contribution < -0.4 is 0 Å². The number of hydrogen-bond acceptors (Lipinski definition) is 1. The third kappa shape index (κ3) is 2.01. The number of benzene rings is 1. The quantitative estimate of drug-likeness (QED) is 0.698. The monoisotopic (exact) mass is 248 g/mol. The summed E-state index contributed by atoms with van der Waals surface area (Å²) >= 11 is 6.68. The lowest BCUT2D eigenvalue weighted by Gasteiger charge is -2.01. The summed E-state index contributed by atoms with van der Waals surface area (Å²) in [6.45, 7) is 0. The Kier molecular flexibility index (Phi) is 2.71. The molecular weight excluding hydrogens is 245 g/mol. The zero-order chi connectivity index (χ0) is 11.0. The van der Waals surface area contributed by atoms with Gasteiger partial charge < -0.3 is 0 Å². The van der Waals surface area contributed by atoms with Gasteiger partial charge in [-0.05, 0) is 12.1 Å². The summed E-state index contributed by atoms with van der Waals surface area (Å²) in [5.41, 5.74) is -0.242. The molecule has 1 aromatic heterocycles. The Bertz CT molecular complexity index is 484. The van der Waals surface area contributed by atoms with E-state index in [1.54, 1.807) is 0 Å². The van der Waals surface area contributed by atoms with Gasteiger partial charge in [0.05, 0.1) is 9.90 Å². The van der Waals surface area contributed by atoms with Gasteiger partial charge in [0.2, 0.25) is 0 Å². The second-order valence-electron chi connectivity index (χ2n) is 2.85. The van der Waals surface area contributed by atoms with Crippen molar-refractivity contribution in [2.45, 2.75) is 0 Å². The number of rotatable bonds is 1. The molecule has 0 N–H and O–H groups in total. The molecule has 0 amide bonds. The van der Waals surface area contributed by atoms with E-state index < -0.39 is 17.5 Å². The molecule has 0 aliphatic heterocycles. The Hall–Kier alpha value is -1.00. The van der Waals surface area contributed by atoms with E-state index in [0.29, 0.717) is 21.3 Å². The minimum absolute atomic E-state index is 0.242. The predicted octanol–water partition coefficient (Wildman–Crippen LogP) is 4.49. The number of hydrogen-bond donors (Lipinski definition) is 0. The first-order chi connectivity index (χ1) is 7.08. The van der Waals surface area contributed by atoms with E-state index in [4.69, 9.17) is 11.6 Å². The lowest BCUT2D eigenvalue weighted by Crippen LogP contribution is -1.90. The van der Waals surface area contributed by atoms with Crippen molar-refractivity contribution in [1.29, 1.82) is 0 Å². The summed E-state index contributed by atoms with van der Waals surface area (Å²) in [4.78, 5) is 0.343. The Balaban J connectivity index is 2.62. The molecule has 0 atom stereocenters. The highest BCUT2D eigenvalue weighted by atomic mass is 35.5. The SMILES string of the molecule is Fc1cc(F)c(-c2ccc(Cl)s2)c(F)c1. The fourth-order valence-electron chi connectivity index (χ4n) is 1.23. The Morgan fingerprint density at radius 2 is 1.60 bits per heavy atom. The van der Waals surface area contributed by atoms with Crippen LogP contribution in [0.5, 0.6) is 0 Å². The van der Waals surface area contributed by atoms with Crippen molar-refractivity contribution in [3.63, 3.8) is 0 Å². The molecule has 0 saturated heterocycles. The van der Waals surface area contributed by atoms with Gasteiger partial charge in [0.15, 0.2) is 0 Å². The molecule has 0 radical (unpaired) electrons. The molecule has 0 spiro atoms. The van der Waals surface area contributed by atoms with Crippen LogP contribution in [0.25, 0.3) is 10.4 Å². The van der Waals surface area contributed by atoms with Gasteiger partial charge in [0, 0.05) is 17.0 Å². The van der Waals surface area contributed by atoms with Gasteiger partial charge in [-0.15, -0.1) is 11.3 Å². The largest absolute Gasteiger partial charge is 0.207 e. The van der Waals surface area contributed by atoms with Crippen LogP contribution in [-0.4, -0.2) is 0 Å². The third-order valence-electron chi connectivity index (χ3n) is 1.83. The molecule has 0 unspecified atom stereocenters. The maximum absolute atomic E-state index is 13.3. The summed E-state index contributed by atoms with van der Waals surface area (Å²) in [5.74, 6) is -2.78. The first kappa shape index (κ1) is 10.5. The Labute approximate surface area is 92.9 Å². The molecule has 15 heavy (non-hydrogen) atoms. The van der Waals surface area contributed by atoms with E-state index in [9.17, 15) is 13.2 Å². The molecule has 0 saturated carbocycles. The topological polar surface area (TPSA) is 0 Å². The van der Waals surface area contributed by atoms with Crippen LogP contribution in [0, 0.1) is 17.5 Å². The van der Waals surface area contributed by atoms with E-state index in [0.717, 1.165) is 11.3 Å². The van der Waals surface area contributed by atoms with Crippen LogP contribution in [0.15, 0.2) is 24.3 Å². The van der Waals surface area contributed by atoms with Gasteiger partial charge in [-0.25, -0.2) is 13.2 Å². The predicted molar refractivity (Wildman–Crippen MR) is 54.6 cm³/mol. The first-order valence-corrected chi connectivity index (χ1v) is 5.17. The van der Waals surface area contributed by atoms with Gasteiger partial charge >= 0.3 is 0 Å². The van der Waals surface area contributed by atoms with Crippen LogP contribution >= 0.6 is 22.9 Å². The smallest absolute Gasteiger partial charge is 0.137 e. The lowest BCUT2D eigenvalue weighted by molar-refractivity contribution is 0.548. The maximum Gasteiger partial charge on any atom is 0.137 e. The Morgan fingerprint density at radius 3 is 2.07 bits per heavy atom. The van der Waals surface area contributed by atoms with Crippen LogP contribution in [0.2, 0.25) is 4.34 Å². The van der Waals surface area contributed by atoms with Crippen molar-refractivity contribution in [3.05, 3.63) is 46.1 Å². The van der Waals surface area contributed by atoms with Gasteiger partial charge in [-0.3, -0.25) is 0 Å². The fraction of sp³-hybridized carbons (Fsp3) is 0. The van der Waals surface area contributed by atoms with E-state index in [1.165, 1.54) is 12.1 Å². The van der Waals surface area contributed by atoms with Crippen molar-refractivity contribution in [3.8, 4) is 10.4 Å². The molecule has 0 nitrogen and oxygen atoms in total. The third-order valence-corrected chi connectivity index (χ3v) is 3.08. The van der Waals surface area contributed by atoms with Crippen molar-refractivity contribution < 1.29 is 13.2 Å². The molecule has 0 aliphatic carbocycles. The molecule has 2 rings (SSSR count). The van der Waals surface area contributed by atoms with Crippen LogP contribution in [0.1, 0.15) is 0 Å². The molecule has 5 heteroatoms. The summed E-state index contributed by atoms with van der Waals surface area (Å²) < 4.78 is 39.6. The molecule has 0 fully saturated rings. The van der Waals surface area contributed by atoms with Gasteiger partial charge in [0.1, 0.15) is 17.5 Å². The molecule has 0 aliphatic rings. The van der Waals surface area contributed by atoms with Crippen molar-refractivity contribution in [1.82, 2.24) is 0 Å². The molecular formula is C10H4ClF3S. The highest BCUT2D eigenvalue weighted by Gasteiger charge is 2.14. The first-order valence-electron chi connectivity index (χ1n) is 3.98. The molecule has 1 aromatic carbocycles. The zero-order valence-corrected chi connectivity index (χ0v) is 8.80. The summed E-state index contributed by atoms with van der Waals surface area (Å²) in [7, 11) is 0. The van der Waals surface area contributed by atoms with Crippen molar-refractivity contribution >= 4 is 22.9 Å². The van der Waals surface area contributed by atoms with Crippen LogP contribution in [0.3, 0.4) is 0 Å². The molecule has 2 aromatic rings. The second-order valence-corrected chi connectivity index (χ2v) is 4.56. The average molecular weight is 249 g/mol. The van der Waals surface area contributed by atoms with Crippen molar-refractivity contribution in [2.75, 3.05) is 0 Å². The number of halogens is 4. The summed E-state index contributed by atoms with van der Waals surface area (Å²) in [6, 6.07) is 4.31. The van der Waals surface area contributed by atoms with Gasteiger partial charge in [-0.2, -0.15) is 0 Å². The zero-order valence-electron chi connectivity index (χ0n) is 7.23. The fourth-order valence-corrected chi connectivity index (χ4v) is 2.32. The van der Waals surface area contributed by atoms with Gasteiger partial charge in [-0.1, -0.05) is 11.6 Å². The maximum atomic E-state index is 13.3. The highest BCUT2D eigenvalue weighted by molar-refractivity contribution is 7.19. The number of thiophene rings is 1. The average Bonchev–Trinajstić information content (AvgIpc) is 2.49. The van der Waals surface area contributed by atoms with Crippen LogP contribution in [0.4, 0.5) is 13.2 Å². The van der Waals surface area contributed by atoms with Crippen molar-refractivity contribution in [2.24, 2.45) is 0 Å². The van der Waals surface area contributed by atoms with Gasteiger partial charge in [0.25, 0.3) is 0 Å². The minimum atomic E-state index is -0.934. The van der Waals surface area contributed by atoms with Crippen LogP contribution in [-0.2, 0) is 0 Å². The Morgan fingerprint density at radius 1 is 1.00 bits per heavy atom. The van der Waals surface area contributed by atoms with E-state index in [-0.39, 0.29) is 5.56 Å². The summed E-state index contributed by atoms with van der Waals surface area (Å²) in [6.07, 6.45) is 0. The van der Waals surface area contributed by atoms with E-state index >= 15 is 0 Å². The summed E-state index contributed by atoms with van der Waals surface area (Å²) in [5, 5.41) is 0. The normalized spacial score (nSPS) is 10.7.